The van der Waals surface area contributed by atoms with E-state index in [1.165, 1.54) is 19.3 Å². The zero-order valence-electron chi connectivity index (χ0n) is 18.5. The van der Waals surface area contributed by atoms with Crippen molar-refractivity contribution in [3.8, 4) is 5.69 Å². The highest BCUT2D eigenvalue weighted by Gasteiger charge is 2.32. The minimum atomic E-state index is -0.649. The molecule has 7 nitrogen and oxygen atoms in total. The van der Waals surface area contributed by atoms with Crippen molar-refractivity contribution in [3.63, 3.8) is 0 Å². The van der Waals surface area contributed by atoms with E-state index in [0.29, 0.717) is 11.7 Å². The van der Waals surface area contributed by atoms with Crippen LogP contribution in [-0.2, 0) is 4.74 Å². The number of hydrogen-bond donors (Lipinski definition) is 1. The van der Waals surface area contributed by atoms with Gasteiger partial charge in [0.05, 0.1) is 11.4 Å². The van der Waals surface area contributed by atoms with Crippen molar-refractivity contribution >= 4 is 11.8 Å². The van der Waals surface area contributed by atoms with Crippen molar-refractivity contribution in [3.05, 3.63) is 65.3 Å². The van der Waals surface area contributed by atoms with Gasteiger partial charge in [0.2, 0.25) is 0 Å². The first-order valence-corrected chi connectivity index (χ1v) is 11.6. The molecule has 7 heteroatoms. The Morgan fingerprint density at radius 1 is 1.16 bits per heavy atom. The van der Waals surface area contributed by atoms with E-state index in [2.05, 4.69) is 39.8 Å². The van der Waals surface area contributed by atoms with E-state index >= 15 is 0 Å². The van der Waals surface area contributed by atoms with Crippen LogP contribution >= 0.6 is 0 Å². The van der Waals surface area contributed by atoms with Crippen LogP contribution in [0.3, 0.4) is 0 Å². The zero-order chi connectivity index (χ0) is 21.9. The van der Waals surface area contributed by atoms with Crippen LogP contribution in [0.2, 0.25) is 0 Å². The molecule has 5 rings (SSSR count). The van der Waals surface area contributed by atoms with Gasteiger partial charge in [0, 0.05) is 11.5 Å². The fourth-order valence-corrected chi connectivity index (χ4v) is 4.88. The molecular weight excluding hydrogens is 402 g/mol. The van der Waals surface area contributed by atoms with Gasteiger partial charge in [0.15, 0.2) is 12.0 Å². The number of carbonyl (C=O) groups is 1. The lowest BCUT2D eigenvalue weighted by Crippen LogP contribution is -2.31. The maximum Gasteiger partial charge on any atom is 0.409 e. The Morgan fingerprint density at radius 3 is 2.81 bits per heavy atom. The molecule has 0 bridgehead atoms. The first-order valence-electron chi connectivity index (χ1n) is 11.6. The third kappa shape index (κ3) is 4.11. The summed E-state index contributed by atoms with van der Waals surface area (Å²) in [6.45, 7) is 2.18. The lowest BCUT2D eigenvalue weighted by atomic mass is 9.83. The molecule has 32 heavy (non-hydrogen) atoms. The number of allylic oxidation sites excluding steroid dienone is 2. The smallest absolute Gasteiger partial charge is 0.409 e. The van der Waals surface area contributed by atoms with Gasteiger partial charge in [-0.1, -0.05) is 55.7 Å². The SMILES string of the molecule is Cc1nnc2n1-c1ccccc1C(C1CCCCC1)=NC2NC(=O)OCC1=CCCC=C1. The Labute approximate surface area is 188 Å². The summed E-state index contributed by atoms with van der Waals surface area (Å²) in [6, 6.07) is 8.27. The predicted octanol–water partition coefficient (Wildman–Crippen LogP) is 4.96. The molecule has 1 aliphatic heterocycles. The Bertz CT molecular complexity index is 1090. The Morgan fingerprint density at radius 2 is 2.00 bits per heavy atom. The molecule has 2 heterocycles. The van der Waals surface area contributed by atoms with Crippen molar-refractivity contribution in [2.75, 3.05) is 6.61 Å². The van der Waals surface area contributed by atoms with Gasteiger partial charge in [-0.05, 0) is 44.2 Å². The summed E-state index contributed by atoms with van der Waals surface area (Å²) in [6.07, 6.45) is 13.0. The van der Waals surface area contributed by atoms with E-state index in [4.69, 9.17) is 9.73 Å². The number of ether oxygens (including phenoxy) is 1. The van der Waals surface area contributed by atoms with Crippen molar-refractivity contribution in [2.45, 2.75) is 58.0 Å². The summed E-state index contributed by atoms with van der Waals surface area (Å²) in [4.78, 5) is 17.8. The molecule has 1 aromatic heterocycles. The Balaban J connectivity index is 1.47. The largest absolute Gasteiger partial charge is 0.445 e. The van der Waals surface area contributed by atoms with Crippen LogP contribution in [0.25, 0.3) is 5.69 Å². The van der Waals surface area contributed by atoms with Gasteiger partial charge in [-0.3, -0.25) is 14.9 Å². The molecular formula is C25H29N5O2. The van der Waals surface area contributed by atoms with E-state index in [1.54, 1.807) is 0 Å². The second-order valence-electron chi connectivity index (χ2n) is 8.69. The van der Waals surface area contributed by atoms with E-state index in [9.17, 15) is 4.79 Å². The summed E-state index contributed by atoms with van der Waals surface area (Å²) in [5, 5.41) is 11.6. The normalized spacial score (nSPS) is 20.5. The number of amides is 1. The average Bonchev–Trinajstić information content (AvgIpc) is 3.16. The zero-order valence-corrected chi connectivity index (χ0v) is 18.5. The lowest BCUT2D eigenvalue weighted by Gasteiger charge is -2.25. The molecule has 0 radical (unpaired) electrons. The molecule has 2 aliphatic carbocycles. The van der Waals surface area contributed by atoms with Crippen molar-refractivity contribution in [1.82, 2.24) is 20.1 Å². The van der Waals surface area contributed by atoms with Crippen LogP contribution in [0, 0.1) is 12.8 Å². The number of carbonyl (C=O) groups excluding carboxylic acids is 1. The number of para-hydroxylation sites is 1. The number of aryl methyl sites for hydroxylation is 1. The summed E-state index contributed by atoms with van der Waals surface area (Å²) in [7, 11) is 0. The number of nitrogens with one attached hydrogen (secondary N) is 1. The van der Waals surface area contributed by atoms with Gasteiger partial charge in [-0.15, -0.1) is 10.2 Å². The highest BCUT2D eigenvalue weighted by atomic mass is 16.5. The minimum absolute atomic E-state index is 0.250. The molecule has 1 atom stereocenters. The van der Waals surface area contributed by atoms with Crippen molar-refractivity contribution in [2.24, 2.45) is 10.9 Å². The number of hydrogen-bond acceptors (Lipinski definition) is 5. The molecule has 3 aliphatic rings. The van der Waals surface area contributed by atoms with Gasteiger partial charge < -0.3 is 4.74 Å². The van der Waals surface area contributed by atoms with E-state index in [1.807, 2.05) is 29.7 Å². The predicted molar refractivity (Wildman–Crippen MR) is 123 cm³/mol. The third-order valence-electron chi connectivity index (χ3n) is 6.47. The summed E-state index contributed by atoms with van der Waals surface area (Å²) in [5.41, 5.74) is 4.18. The quantitative estimate of drug-likeness (QED) is 0.742. The highest BCUT2D eigenvalue weighted by Crippen LogP contribution is 2.34. The van der Waals surface area contributed by atoms with Crippen molar-refractivity contribution in [1.29, 1.82) is 0 Å². The van der Waals surface area contributed by atoms with E-state index < -0.39 is 12.3 Å². The van der Waals surface area contributed by atoms with Crippen molar-refractivity contribution < 1.29 is 9.53 Å². The summed E-state index contributed by atoms with van der Waals surface area (Å²) < 4.78 is 7.51. The number of fused-ring (bicyclic) bond motifs is 3. The van der Waals surface area contributed by atoms with Crippen LogP contribution < -0.4 is 5.32 Å². The van der Waals surface area contributed by atoms with Gasteiger partial charge in [-0.25, -0.2) is 4.79 Å². The maximum atomic E-state index is 12.7. The van der Waals surface area contributed by atoms with Crippen LogP contribution in [-0.4, -0.2) is 33.2 Å². The molecule has 1 unspecified atom stereocenters. The summed E-state index contributed by atoms with van der Waals surface area (Å²) in [5.74, 6) is 1.75. The van der Waals surface area contributed by atoms with Crippen LogP contribution in [0.15, 0.2) is 53.1 Å². The molecule has 1 amide bonds. The lowest BCUT2D eigenvalue weighted by molar-refractivity contribution is 0.152. The van der Waals surface area contributed by atoms with E-state index in [-0.39, 0.29) is 6.61 Å². The number of rotatable bonds is 4. The minimum Gasteiger partial charge on any atom is -0.445 e. The highest BCUT2D eigenvalue weighted by molar-refractivity contribution is 6.05. The number of benzene rings is 1. The van der Waals surface area contributed by atoms with Gasteiger partial charge >= 0.3 is 6.09 Å². The Hall–Kier alpha value is -3.22. The Kier molecular flexibility index (Phi) is 5.88. The molecule has 2 aromatic rings. The van der Waals surface area contributed by atoms with Crippen LogP contribution in [0.4, 0.5) is 4.79 Å². The molecule has 166 valence electrons. The topological polar surface area (TPSA) is 81.4 Å². The first kappa shape index (κ1) is 20.7. The molecule has 1 fully saturated rings. The van der Waals surface area contributed by atoms with Gasteiger partial charge in [0.1, 0.15) is 12.4 Å². The second kappa shape index (κ2) is 9.10. The molecule has 1 N–H and O–H groups in total. The van der Waals surface area contributed by atoms with Gasteiger partial charge in [0.25, 0.3) is 0 Å². The molecule has 0 spiro atoms. The van der Waals surface area contributed by atoms with E-state index in [0.717, 1.165) is 54.0 Å². The summed E-state index contributed by atoms with van der Waals surface area (Å²) >= 11 is 0. The second-order valence-corrected chi connectivity index (χ2v) is 8.69. The fourth-order valence-electron chi connectivity index (χ4n) is 4.88. The number of aromatic nitrogens is 3. The van der Waals surface area contributed by atoms with Crippen LogP contribution in [0.1, 0.15) is 68.3 Å². The average molecular weight is 432 g/mol. The third-order valence-corrected chi connectivity index (χ3v) is 6.47. The first-order chi connectivity index (χ1) is 15.7. The molecule has 0 saturated heterocycles. The monoisotopic (exact) mass is 431 g/mol. The fraction of sp³-hybridized carbons (Fsp3) is 0.440. The standard InChI is InChI=1S/C25H29N5O2/c1-17-28-29-24-23(27-25(31)32-16-18-10-4-2-5-11-18)26-22(19-12-6-3-7-13-19)20-14-8-9-15-21(20)30(17)24/h4,8-11,14-15,19,23H,2-3,5-7,12-13,16H2,1H3,(H,27,31). The molecule has 1 aromatic carbocycles. The van der Waals surface area contributed by atoms with Gasteiger partial charge in [-0.2, -0.15) is 0 Å². The number of nitrogens with zero attached hydrogens (tertiary/aromatic N) is 4. The number of alkyl carbamates (subject to hydrolysis) is 1. The molecule has 1 saturated carbocycles. The van der Waals surface area contributed by atoms with Crippen LogP contribution in [0.5, 0.6) is 0 Å². The number of aliphatic imine (C=N–C) groups is 1. The maximum absolute atomic E-state index is 12.7.